The van der Waals surface area contributed by atoms with Gasteiger partial charge in [0.05, 0.1) is 29.2 Å². The van der Waals surface area contributed by atoms with Gasteiger partial charge >= 0.3 is 0 Å². The summed E-state index contributed by atoms with van der Waals surface area (Å²) in [4.78, 5) is 21.0. The number of carbonyl (C=O) groups excluding carboxylic acids is 1. The summed E-state index contributed by atoms with van der Waals surface area (Å²) >= 11 is 0. The summed E-state index contributed by atoms with van der Waals surface area (Å²) in [7, 11) is 0. The monoisotopic (exact) mass is 476 g/mol. The minimum atomic E-state index is -0.268. The third-order valence-electron chi connectivity index (χ3n) is 7.43. The third kappa shape index (κ3) is 3.86. The highest BCUT2D eigenvalue weighted by molar-refractivity contribution is 6.07. The number of pyridine rings is 1. The molecule has 2 aliphatic heterocycles. The summed E-state index contributed by atoms with van der Waals surface area (Å²) in [6.07, 6.45) is 8.04. The molecule has 4 heterocycles. The molecule has 3 N–H and O–H groups in total. The summed E-state index contributed by atoms with van der Waals surface area (Å²) in [6, 6.07) is 6.88. The molecule has 0 bridgehead atoms. The molecule has 2 aromatic heterocycles. The van der Waals surface area contributed by atoms with Crippen LogP contribution < -0.4 is 15.4 Å². The lowest BCUT2D eigenvalue weighted by Gasteiger charge is -2.23. The maximum atomic E-state index is 14.6. The predicted octanol–water partition coefficient (Wildman–Crippen LogP) is 4.85. The first-order chi connectivity index (χ1) is 17.1. The number of carbonyl (C=O) groups is 1. The molecule has 182 valence electrons. The van der Waals surface area contributed by atoms with E-state index in [9.17, 15) is 9.18 Å². The van der Waals surface area contributed by atoms with E-state index in [2.05, 4.69) is 20.6 Å². The number of rotatable bonds is 7. The van der Waals surface area contributed by atoms with Gasteiger partial charge in [0.2, 0.25) is 0 Å². The van der Waals surface area contributed by atoms with E-state index in [0.717, 1.165) is 49.2 Å². The fraction of sp³-hybridized carbons (Fsp3) is 0.407. The Hall–Kier alpha value is -3.39. The quantitative estimate of drug-likeness (QED) is 0.454. The van der Waals surface area contributed by atoms with Gasteiger partial charge in [0, 0.05) is 47.3 Å². The molecule has 1 saturated heterocycles. The zero-order chi connectivity index (χ0) is 24.0. The number of anilines is 2. The van der Waals surface area contributed by atoms with E-state index in [0.29, 0.717) is 47.8 Å². The molecule has 35 heavy (non-hydrogen) atoms. The van der Waals surface area contributed by atoms with Gasteiger partial charge in [0.15, 0.2) is 0 Å². The van der Waals surface area contributed by atoms with E-state index in [4.69, 9.17) is 9.47 Å². The van der Waals surface area contributed by atoms with Crippen molar-refractivity contribution in [2.45, 2.75) is 50.5 Å². The second kappa shape index (κ2) is 8.68. The van der Waals surface area contributed by atoms with E-state index in [1.54, 1.807) is 18.5 Å². The van der Waals surface area contributed by atoms with Gasteiger partial charge in [0.25, 0.3) is 5.91 Å². The van der Waals surface area contributed by atoms with Crippen molar-refractivity contribution in [3.63, 3.8) is 0 Å². The number of halogens is 1. The Labute approximate surface area is 203 Å². The predicted molar refractivity (Wildman–Crippen MR) is 131 cm³/mol. The average molecular weight is 477 g/mol. The second-order valence-corrected chi connectivity index (χ2v) is 9.65. The van der Waals surface area contributed by atoms with E-state index < -0.39 is 0 Å². The molecular formula is C27H29FN4O3. The highest BCUT2D eigenvalue weighted by Gasteiger charge is 2.51. The van der Waals surface area contributed by atoms with Crippen molar-refractivity contribution in [3.8, 4) is 17.0 Å². The van der Waals surface area contributed by atoms with Crippen LogP contribution in [-0.2, 0) is 16.6 Å². The fourth-order valence-electron chi connectivity index (χ4n) is 5.29. The molecule has 8 heteroatoms. The zero-order valence-corrected chi connectivity index (χ0v) is 19.7. The van der Waals surface area contributed by atoms with E-state index in [1.807, 2.05) is 19.1 Å². The molecule has 1 spiro atoms. The molecule has 1 atom stereocenters. The van der Waals surface area contributed by atoms with Crippen LogP contribution in [0.3, 0.4) is 0 Å². The van der Waals surface area contributed by atoms with Crippen molar-refractivity contribution in [2.24, 2.45) is 0 Å². The van der Waals surface area contributed by atoms with Crippen LogP contribution in [0.2, 0.25) is 0 Å². The van der Waals surface area contributed by atoms with E-state index in [1.165, 1.54) is 6.07 Å². The van der Waals surface area contributed by atoms with Crippen LogP contribution >= 0.6 is 0 Å². The Balaban J connectivity index is 1.47. The van der Waals surface area contributed by atoms with E-state index in [-0.39, 0.29) is 23.2 Å². The summed E-state index contributed by atoms with van der Waals surface area (Å²) < 4.78 is 26.5. The molecule has 0 radical (unpaired) electrons. The largest absolute Gasteiger partial charge is 0.489 e. The third-order valence-corrected chi connectivity index (χ3v) is 7.43. The minimum absolute atomic E-state index is 0.0671. The standard InChI is InChI=1S/C27H29FN4O3/c1-2-17-19(28)6-3-7-20(17)31-24-22-25(27(9-10-27)15-30-26(22)33)32-23(24)18-8-11-29-13-21(18)35-14-16-5-4-12-34-16/h3,6-8,11,13,16,31-32H,2,4-5,9-10,12,14-15H2,1H3,(H,30,33)/t16-/m1/s1. The Morgan fingerprint density at radius 3 is 2.97 bits per heavy atom. The van der Waals surface area contributed by atoms with Crippen molar-refractivity contribution in [3.05, 3.63) is 59.3 Å². The average Bonchev–Trinajstić information content (AvgIpc) is 3.26. The molecule has 3 aliphatic rings. The van der Waals surface area contributed by atoms with Gasteiger partial charge in [-0.1, -0.05) is 13.0 Å². The summed E-state index contributed by atoms with van der Waals surface area (Å²) in [5.41, 5.74) is 4.87. The van der Waals surface area contributed by atoms with Gasteiger partial charge in [-0.15, -0.1) is 0 Å². The minimum Gasteiger partial charge on any atom is -0.489 e. The molecule has 1 amide bonds. The Morgan fingerprint density at radius 2 is 2.20 bits per heavy atom. The molecule has 7 nitrogen and oxygen atoms in total. The van der Waals surface area contributed by atoms with Gasteiger partial charge in [-0.25, -0.2) is 4.39 Å². The molecule has 6 rings (SSSR count). The van der Waals surface area contributed by atoms with Gasteiger partial charge < -0.3 is 25.1 Å². The van der Waals surface area contributed by atoms with Gasteiger partial charge in [-0.2, -0.15) is 0 Å². The first-order valence-electron chi connectivity index (χ1n) is 12.4. The highest BCUT2D eigenvalue weighted by atomic mass is 19.1. The van der Waals surface area contributed by atoms with Crippen molar-refractivity contribution in [1.82, 2.24) is 15.3 Å². The first-order valence-corrected chi connectivity index (χ1v) is 12.4. The van der Waals surface area contributed by atoms with E-state index >= 15 is 0 Å². The van der Waals surface area contributed by atoms with Gasteiger partial charge in [-0.3, -0.25) is 9.78 Å². The number of hydrogen-bond acceptors (Lipinski definition) is 5. The van der Waals surface area contributed by atoms with Crippen molar-refractivity contribution >= 4 is 17.3 Å². The lowest BCUT2D eigenvalue weighted by Crippen LogP contribution is -2.39. The maximum absolute atomic E-state index is 14.6. The molecule has 0 unspecified atom stereocenters. The first kappa shape index (κ1) is 22.1. The molecule has 1 saturated carbocycles. The molecule has 1 aromatic carbocycles. The second-order valence-electron chi connectivity index (χ2n) is 9.65. The highest BCUT2D eigenvalue weighted by Crippen LogP contribution is 2.54. The van der Waals surface area contributed by atoms with Crippen molar-refractivity contribution in [2.75, 3.05) is 25.1 Å². The van der Waals surface area contributed by atoms with Crippen molar-refractivity contribution in [1.29, 1.82) is 0 Å². The number of nitrogens with zero attached hydrogens (tertiary/aromatic N) is 1. The van der Waals surface area contributed by atoms with Crippen LogP contribution in [0.1, 0.15) is 54.2 Å². The summed E-state index contributed by atoms with van der Waals surface area (Å²) in [6.45, 7) is 3.74. The molecule has 1 aliphatic carbocycles. The number of aromatic nitrogens is 2. The lowest BCUT2D eigenvalue weighted by atomic mass is 9.93. The van der Waals surface area contributed by atoms with Crippen LogP contribution in [0.4, 0.5) is 15.8 Å². The molecular weight excluding hydrogens is 447 g/mol. The number of aromatic amines is 1. The number of benzene rings is 1. The van der Waals surface area contributed by atoms with Crippen LogP contribution in [0.15, 0.2) is 36.7 Å². The Bertz CT molecular complexity index is 1280. The fourth-order valence-corrected chi connectivity index (χ4v) is 5.29. The van der Waals surface area contributed by atoms with Crippen LogP contribution in [0.5, 0.6) is 5.75 Å². The van der Waals surface area contributed by atoms with Crippen LogP contribution in [-0.4, -0.2) is 41.7 Å². The maximum Gasteiger partial charge on any atom is 0.255 e. The number of nitrogens with one attached hydrogen (secondary N) is 3. The summed E-state index contributed by atoms with van der Waals surface area (Å²) in [5, 5.41) is 6.49. The SMILES string of the molecule is CCc1c(F)cccc1Nc1c(-c2ccncc2OC[C@H]2CCCO2)[nH]c2c1C(=O)NCC21CC1. The molecule has 3 aromatic rings. The van der Waals surface area contributed by atoms with Crippen LogP contribution in [0, 0.1) is 5.82 Å². The Kier molecular flexibility index (Phi) is 5.48. The molecule has 2 fully saturated rings. The zero-order valence-electron chi connectivity index (χ0n) is 19.7. The van der Waals surface area contributed by atoms with Gasteiger partial charge in [-0.05, 0) is 50.3 Å². The Morgan fingerprint density at radius 1 is 1.31 bits per heavy atom. The van der Waals surface area contributed by atoms with Crippen LogP contribution in [0.25, 0.3) is 11.3 Å². The van der Waals surface area contributed by atoms with Crippen molar-refractivity contribution < 1.29 is 18.7 Å². The number of amides is 1. The summed E-state index contributed by atoms with van der Waals surface area (Å²) in [5.74, 6) is 0.216. The normalized spacial score (nSPS) is 19.9. The topological polar surface area (TPSA) is 88.3 Å². The number of hydrogen-bond donors (Lipinski definition) is 3. The van der Waals surface area contributed by atoms with Gasteiger partial charge in [0.1, 0.15) is 18.2 Å². The number of ether oxygens (including phenoxy) is 2. The lowest BCUT2D eigenvalue weighted by molar-refractivity contribution is 0.0680. The number of H-pyrrole nitrogens is 1. The smallest absolute Gasteiger partial charge is 0.255 e. The number of fused-ring (bicyclic) bond motifs is 2.